The normalized spacial score (nSPS) is 15.0. The van der Waals surface area contributed by atoms with Crippen LogP contribution in [0.15, 0.2) is 42.5 Å². The molecule has 0 saturated heterocycles. The Balaban J connectivity index is 1.87. The molecule has 0 saturated carbocycles. The van der Waals surface area contributed by atoms with Crippen LogP contribution < -0.4 is 5.32 Å². The van der Waals surface area contributed by atoms with E-state index in [2.05, 4.69) is 61.8 Å². The van der Waals surface area contributed by atoms with Crippen LogP contribution in [0.2, 0.25) is 0 Å². The van der Waals surface area contributed by atoms with Gasteiger partial charge in [0.25, 0.3) is 0 Å². The summed E-state index contributed by atoms with van der Waals surface area (Å²) in [5.74, 6) is 0. The maximum Gasteiger partial charge on any atom is 0.0574 e. The minimum atomic E-state index is 0.298. The van der Waals surface area contributed by atoms with Gasteiger partial charge in [0.2, 0.25) is 0 Å². The number of hydrogen-bond donors (Lipinski definition) is 1. The van der Waals surface area contributed by atoms with Crippen LogP contribution in [-0.2, 0) is 19.3 Å². The molecule has 0 amide bonds. The van der Waals surface area contributed by atoms with Crippen LogP contribution in [0.25, 0.3) is 0 Å². The second-order valence-corrected chi connectivity index (χ2v) is 6.09. The maximum absolute atomic E-state index is 3.48. The van der Waals surface area contributed by atoms with Gasteiger partial charge in [-0.1, -0.05) is 55.8 Å². The Morgan fingerprint density at radius 3 is 2.38 bits per heavy atom. The van der Waals surface area contributed by atoms with Gasteiger partial charge in [-0.25, -0.2) is 0 Å². The van der Waals surface area contributed by atoms with Gasteiger partial charge >= 0.3 is 0 Å². The first-order valence-corrected chi connectivity index (χ1v) is 8.19. The molecule has 1 N–H and O–H groups in total. The first kappa shape index (κ1) is 14.3. The van der Waals surface area contributed by atoms with E-state index in [0.29, 0.717) is 6.04 Å². The van der Waals surface area contributed by atoms with Crippen LogP contribution in [0, 0.1) is 0 Å². The van der Waals surface area contributed by atoms with Gasteiger partial charge in [-0.3, -0.25) is 0 Å². The van der Waals surface area contributed by atoms with E-state index in [4.69, 9.17) is 0 Å². The summed E-state index contributed by atoms with van der Waals surface area (Å²) in [7, 11) is 2.05. The molecule has 110 valence electrons. The maximum atomic E-state index is 3.48. The van der Waals surface area contributed by atoms with Crippen molar-refractivity contribution in [2.24, 2.45) is 0 Å². The summed E-state index contributed by atoms with van der Waals surface area (Å²) in [4.78, 5) is 0. The summed E-state index contributed by atoms with van der Waals surface area (Å²) in [5, 5.41) is 3.48. The molecule has 1 unspecified atom stereocenters. The predicted octanol–water partition coefficient (Wildman–Crippen LogP) is 4.44. The zero-order valence-corrected chi connectivity index (χ0v) is 13.2. The van der Waals surface area contributed by atoms with Gasteiger partial charge in [0, 0.05) is 0 Å². The number of rotatable bonds is 5. The van der Waals surface area contributed by atoms with Crippen molar-refractivity contribution >= 4 is 0 Å². The number of nitrogens with one attached hydrogen (secondary N) is 1. The van der Waals surface area contributed by atoms with Crippen molar-refractivity contribution in [1.82, 2.24) is 5.32 Å². The highest BCUT2D eigenvalue weighted by Gasteiger charge is 2.16. The Bertz CT molecular complexity index is 598. The minimum Gasteiger partial charge on any atom is -0.309 e. The summed E-state index contributed by atoms with van der Waals surface area (Å²) < 4.78 is 0. The average Bonchev–Trinajstić information content (AvgIpc) is 2.98. The standard InChI is InChI=1S/C20H25N/c1-3-5-15-8-10-17(11-9-15)20(21-2)19-13-12-16-6-4-7-18(16)14-19/h8-14,20-21H,3-7H2,1-2H3. The lowest BCUT2D eigenvalue weighted by molar-refractivity contribution is 0.690. The molecule has 0 radical (unpaired) electrons. The highest BCUT2D eigenvalue weighted by Crippen LogP contribution is 2.28. The Morgan fingerprint density at radius 1 is 0.952 bits per heavy atom. The van der Waals surface area contributed by atoms with E-state index in [1.165, 1.54) is 48.8 Å². The molecule has 0 fully saturated rings. The van der Waals surface area contributed by atoms with Crippen LogP contribution >= 0.6 is 0 Å². The molecule has 21 heavy (non-hydrogen) atoms. The molecular weight excluding hydrogens is 254 g/mol. The summed E-state index contributed by atoms with van der Waals surface area (Å²) >= 11 is 0. The molecule has 0 aromatic heterocycles. The third-order valence-corrected chi connectivity index (χ3v) is 4.60. The molecule has 1 aliphatic carbocycles. The number of aryl methyl sites for hydroxylation is 3. The Labute approximate surface area is 128 Å². The Hall–Kier alpha value is -1.60. The zero-order chi connectivity index (χ0) is 14.7. The highest BCUT2D eigenvalue weighted by atomic mass is 14.9. The van der Waals surface area contributed by atoms with Gasteiger partial charge in [-0.2, -0.15) is 0 Å². The van der Waals surface area contributed by atoms with Gasteiger partial charge in [0.1, 0.15) is 0 Å². The van der Waals surface area contributed by atoms with E-state index in [1.807, 2.05) is 0 Å². The molecule has 1 aliphatic rings. The predicted molar refractivity (Wildman–Crippen MR) is 89.8 cm³/mol. The molecule has 0 heterocycles. The van der Waals surface area contributed by atoms with Gasteiger partial charge in [0.05, 0.1) is 6.04 Å². The monoisotopic (exact) mass is 279 g/mol. The van der Waals surface area contributed by atoms with E-state index in [9.17, 15) is 0 Å². The van der Waals surface area contributed by atoms with Crippen molar-refractivity contribution in [1.29, 1.82) is 0 Å². The summed E-state index contributed by atoms with van der Waals surface area (Å²) in [5.41, 5.74) is 7.28. The van der Waals surface area contributed by atoms with Crippen molar-refractivity contribution in [3.8, 4) is 0 Å². The molecule has 3 rings (SSSR count). The fourth-order valence-corrected chi connectivity index (χ4v) is 3.46. The summed E-state index contributed by atoms with van der Waals surface area (Å²) in [6.45, 7) is 2.23. The summed E-state index contributed by atoms with van der Waals surface area (Å²) in [6, 6.07) is 16.4. The number of hydrogen-bond acceptors (Lipinski definition) is 1. The second-order valence-electron chi connectivity index (χ2n) is 6.09. The molecule has 2 aromatic carbocycles. The van der Waals surface area contributed by atoms with Crippen LogP contribution in [0.5, 0.6) is 0 Å². The summed E-state index contributed by atoms with van der Waals surface area (Å²) in [6.07, 6.45) is 6.19. The lowest BCUT2D eigenvalue weighted by atomic mass is 9.95. The van der Waals surface area contributed by atoms with Crippen molar-refractivity contribution in [2.45, 2.75) is 45.1 Å². The molecule has 2 aromatic rings. The third-order valence-electron chi connectivity index (χ3n) is 4.60. The molecule has 1 atom stereocenters. The van der Waals surface area contributed by atoms with Crippen molar-refractivity contribution in [3.05, 3.63) is 70.3 Å². The average molecular weight is 279 g/mol. The van der Waals surface area contributed by atoms with E-state index in [0.717, 1.165) is 0 Å². The SMILES string of the molecule is CCCc1ccc(C(NC)c2ccc3c(c2)CCC3)cc1. The van der Waals surface area contributed by atoms with Crippen molar-refractivity contribution in [3.63, 3.8) is 0 Å². The van der Waals surface area contributed by atoms with Crippen LogP contribution in [0.3, 0.4) is 0 Å². The topological polar surface area (TPSA) is 12.0 Å². The molecule has 0 aliphatic heterocycles. The van der Waals surface area contributed by atoms with E-state index >= 15 is 0 Å². The Morgan fingerprint density at radius 2 is 1.67 bits per heavy atom. The minimum absolute atomic E-state index is 0.298. The van der Waals surface area contributed by atoms with E-state index in [1.54, 1.807) is 11.1 Å². The van der Waals surface area contributed by atoms with Crippen LogP contribution in [0.1, 0.15) is 53.6 Å². The fourth-order valence-electron chi connectivity index (χ4n) is 3.46. The van der Waals surface area contributed by atoms with Crippen molar-refractivity contribution in [2.75, 3.05) is 7.05 Å². The highest BCUT2D eigenvalue weighted by molar-refractivity contribution is 5.40. The molecule has 0 spiro atoms. The number of benzene rings is 2. The zero-order valence-electron chi connectivity index (χ0n) is 13.2. The molecule has 1 heteroatoms. The van der Waals surface area contributed by atoms with Gasteiger partial charge in [0.15, 0.2) is 0 Å². The molecule has 1 nitrogen and oxygen atoms in total. The van der Waals surface area contributed by atoms with Gasteiger partial charge < -0.3 is 5.32 Å². The smallest absolute Gasteiger partial charge is 0.0574 e. The number of fused-ring (bicyclic) bond motifs is 1. The first-order chi connectivity index (χ1) is 10.3. The lowest BCUT2D eigenvalue weighted by Gasteiger charge is -2.19. The van der Waals surface area contributed by atoms with Crippen LogP contribution in [0.4, 0.5) is 0 Å². The largest absolute Gasteiger partial charge is 0.309 e. The Kier molecular flexibility index (Phi) is 4.40. The fraction of sp³-hybridized carbons (Fsp3) is 0.400. The second kappa shape index (κ2) is 6.44. The molecular formula is C20H25N. The third kappa shape index (κ3) is 3.03. The first-order valence-electron chi connectivity index (χ1n) is 8.19. The van der Waals surface area contributed by atoms with Crippen molar-refractivity contribution < 1.29 is 0 Å². The van der Waals surface area contributed by atoms with Gasteiger partial charge in [-0.05, 0) is 60.5 Å². The van der Waals surface area contributed by atoms with Crippen LogP contribution in [-0.4, -0.2) is 7.05 Å². The quantitative estimate of drug-likeness (QED) is 0.853. The molecule has 0 bridgehead atoms. The van der Waals surface area contributed by atoms with E-state index in [-0.39, 0.29) is 0 Å². The van der Waals surface area contributed by atoms with E-state index < -0.39 is 0 Å². The lowest BCUT2D eigenvalue weighted by Crippen LogP contribution is -2.17. The van der Waals surface area contributed by atoms with Gasteiger partial charge in [-0.15, -0.1) is 0 Å².